The number of fused-ring (bicyclic) bond motifs is 1. The Morgan fingerprint density at radius 2 is 2.00 bits per heavy atom. The van der Waals surface area contributed by atoms with Gasteiger partial charge >= 0.3 is 0 Å². The van der Waals surface area contributed by atoms with Crippen LogP contribution < -0.4 is 0 Å². The Kier molecular flexibility index (Phi) is 2.19. The van der Waals surface area contributed by atoms with E-state index in [0.29, 0.717) is 5.69 Å². The number of hydrogen-bond acceptors (Lipinski definition) is 3. The summed E-state index contributed by atoms with van der Waals surface area (Å²) in [6.45, 7) is 3.97. The van der Waals surface area contributed by atoms with Gasteiger partial charge in [0.05, 0.1) is 5.52 Å². The van der Waals surface area contributed by atoms with Gasteiger partial charge in [0.25, 0.3) is 0 Å². The summed E-state index contributed by atoms with van der Waals surface area (Å²) in [5.41, 5.74) is 8.33. The summed E-state index contributed by atoms with van der Waals surface area (Å²) in [5.74, 6) is 0.0706. The fourth-order valence-electron chi connectivity index (χ4n) is 1.87. The summed E-state index contributed by atoms with van der Waals surface area (Å²) in [4.78, 5) is 0. The highest BCUT2D eigenvalue weighted by Gasteiger charge is 2.17. The molecule has 1 heterocycles. The number of hydrogen-bond donors (Lipinski definition) is 2. The first kappa shape index (κ1) is 9.71. The van der Waals surface area contributed by atoms with Gasteiger partial charge in [-0.2, -0.15) is 5.11 Å². The monoisotopic (exact) mass is 203 g/mol. The molecule has 0 aliphatic rings. The van der Waals surface area contributed by atoms with Crippen molar-refractivity contribution in [2.75, 3.05) is 0 Å². The van der Waals surface area contributed by atoms with Crippen molar-refractivity contribution in [3.05, 3.63) is 24.3 Å². The second kappa shape index (κ2) is 3.38. The summed E-state index contributed by atoms with van der Waals surface area (Å²) in [6.07, 6.45) is 0. The second-order valence-electron chi connectivity index (χ2n) is 3.76. The third-order valence-corrected chi connectivity index (χ3v) is 2.49. The molecule has 0 amide bonds. The van der Waals surface area contributed by atoms with Gasteiger partial charge in [0.15, 0.2) is 5.69 Å². The average molecular weight is 203 g/mol. The van der Waals surface area contributed by atoms with E-state index in [9.17, 15) is 5.11 Å². The molecule has 1 aromatic heterocycles. The molecule has 0 atom stereocenters. The highest BCUT2D eigenvalue weighted by Crippen LogP contribution is 2.40. The Bertz CT molecular complexity index is 514. The Hall–Kier alpha value is -1.84. The van der Waals surface area contributed by atoms with Gasteiger partial charge in [-0.25, -0.2) is 5.53 Å². The van der Waals surface area contributed by atoms with Crippen LogP contribution in [0.2, 0.25) is 0 Å². The fraction of sp³-hybridized carbons (Fsp3) is 0.273. The number of para-hydroxylation sites is 1. The number of nitrogens with zero attached hydrogens (tertiary/aromatic N) is 2. The summed E-state index contributed by atoms with van der Waals surface area (Å²) in [7, 11) is 0. The van der Waals surface area contributed by atoms with E-state index >= 15 is 0 Å². The van der Waals surface area contributed by atoms with Crippen LogP contribution in [0.4, 0.5) is 5.69 Å². The topological polar surface area (TPSA) is 61.4 Å². The molecule has 1 aromatic carbocycles. The SMILES string of the molecule is CC(C)n1c(O)c(N=N)c2ccccc21. The van der Waals surface area contributed by atoms with Crippen molar-refractivity contribution >= 4 is 16.6 Å². The van der Waals surface area contributed by atoms with Gasteiger partial charge in [-0.3, -0.25) is 0 Å². The lowest BCUT2D eigenvalue weighted by molar-refractivity contribution is 0.407. The third-order valence-electron chi connectivity index (χ3n) is 2.49. The highest BCUT2D eigenvalue weighted by atomic mass is 16.3. The molecule has 0 aliphatic carbocycles. The van der Waals surface area contributed by atoms with Crippen LogP contribution in [0.1, 0.15) is 19.9 Å². The third kappa shape index (κ3) is 1.29. The van der Waals surface area contributed by atoms with E-state index in [4.69, 9.17) is 5.53 Å². The zero-order chi connectivity index (χ0) is 11.0. The Morgan fingerprint density at radius 1 is 1.33 bits per heavy atom. The van der Waals surface area contributed by atoms with Crippen molar-refractivity contribution in [2.45, 2.75) is 19.9 Å². The maximum absolute atomic E-state index is 9.93. The molecule has 2 rings (SSSR count). The van der Waals surface area contributed by atoms with Crippen molar-refractivity contribution in [2.24, 2.45) is 5.11 Å². The Morgan fingerprint density at radius 3 is 2.60 bits per heavy atom. The molecule has 15 heavy (non-hydrogen) atoms. The number of benzene rings is 1. The van der Waals surface area contributed by atoms with Gasteiger partial charge in [-0.15, -0.1) is 0 Å². The normalized spacial score (nSPS) is 11.1. The van der Waals surface area contributed by atoms with Crippen LogP contribution in [0.5, 0.6) is 5.88 Å². The van der Waals surface area contributed by atoms with Crippen LogP contribution >= 0.6 is 0 Å². The zero-order valence-electron chi connectivity index (χ0n) is 8.73. The molecule has 2 N–H and O–H groups in total. The molecule has 0 aliphatic heterocycles. The first-order valence-corrected chi connectivity index (χ1v) is 4.86. The fourth-order valence-corrected chi connectivity index (χ4v) is 1.87. The minimum Gasteiger partial charge on any atom is -0.493 e. The van der Waals surface area contributed by atoms with Crippen molar-refractivity contribution in [1.29, 1.82) is 5.53 Å². The van der Waals surface area contributed by atoms with Gasteiger partial charge in [0.2, 0.25) is 5.88 Å². The summed E-state index contributed by atoms with van der Waals surface area (Å²) in [6, 6.07) is 7.71. The second-order valence-corrected chi connectivity index (χ2v) is 3.76. The van der Waals surface area contributed by atoms with E-state index in [2.05, 4.69) is 5.11 Å². The Labute approximate surface area is 87.7 Å². The van der Waals surface area contributed by atoms with Crippen LogP contribution in [0.25, 0.3) is 10.9 Å². The lowest BCUT2D eigenvalue weighted by atomic mass is 10.2. The predicted molar refractivity (Wildman–Crippen MR) is 58.8 cm³/mol. The smallest absolute Gasteiger partial charge is 0.220 e. The number of nitrogens with one attached hydrogen (secondary N) is 1. The van der Waals surface area contributed by atoms with Crippen molar-refractivity contribution in [3.8, 4) is 5.88 Å². The van der Waals surface area contributed by atoms with Crippen LogP contribution in [0.15, 0.2) is 29.4 Å². The summed E-state index contributed by atoms with van der Waals surface area (Å²) < 4.78 is 1.78. The molecule has 0 unspecified atom stereocenters. The molecule has 78 valence electrons. The van der Waals surface area contributed by atoms with E-state index in [0.717, 1.165) is 10.9 Å². The molecule has 0 radical (unpaired) electrons. The zero-order valence-corrected chi connectivity index (χ0v) is 8.73. The molecule has 0 bridgehead atoms. The average Bonchev–Trinajstić information content (AvgIpc) is 2.49. The van der Waals surface area contributed by atoms with Crippen LogP contribution in [0.3, 0.4) is 0 Å². The van der Waals surface area contributed by atoms with E-state index in [1.165, 1.54) is 0 Å². The molecular weight excluding hydrogens is 190 g/mol. The molecule has 0 spiro atoms. The number of aromatic nitrogens is 1. The minimum atomic E-state index is 0.0706. The summed E-state index contributed by atoms with van der Waals surface area (Å²) >= 11 is 0. The Balaban J connectivity index is 2.90. The van der Waals surface area contributed by atoms with Crippen LogP contribution in [0, 0.1) is 5.53 Å². The van der Waals surface area contributed by atoms with E-state index in [-0.39, 0.29) is 11.9 Å². The predicted octanol–water partition coefficient (Wildman–Crippen LogP) is 3.59. The van der Waals surface area contributed by atoms with E-state index in [1.807, 2.05) is 38.1 Å². The first-order valence-electron chi connectivity index (χ1n) is 4.86. The van der Waals surface area contributed by atoms with Crippen molar-refractivity contribution < 1.29 is 5.11 Å². The molecule has 0 fully saturated rings. The molecule has 0 saturated carbocycles. The molecule has 2 aromatic rings. The van der Waals surface area contributed by atoms with Gasteiger partial charge in [-0.05, 0) is 19.9 Å². The summed E-state index contributed by atoms with van der Waals surface area (Å²) in [5, 5.41) is 14.1. The van der Waals surface area contributed by atoms with Gasteiger partial charge in [-0.1, -0.05) is 18.2 Å². The number of aromatic hydroxyl groups is 1. The quantitative estimate of drug-likeness (QED) is 0.720. The molecular formula is C11H13N3O. The van der Waals surface area contributed by atoms with Crippen molar-refractivity contribution in [1.82, 2.24) is 4.57 Å². The largest absolute Gasteiger partial charge is 0.493 e. The maximum atomic E-state index is 9.93. The molecule has 0 saturated heterocycles. The van der Waals surface area contributed by atoms with E-state index in [1.54, 1.807) is 4.57 Å². The lowest BCUT2D eigenvalue weighted by Gasteiger charge is -2.10. The number of rotatable bonds is 2. The minimum absolute atomic E-state index is 0.0706. The maximum Gasteiger partial charge on any atom is 0.220 e. The van der Waals surface area contributed by atoms with Crippen LogP contribution in [-0.2, 0) is 0 Å². The van der Waals surface area contributed by atoms with Crippen LogP contribution in [-0.4, -0.2) is 9.67 Å². The van der Waals surface area contributed by atoms with Gasteiger partial charge in [0.1, 0.15) is 0 Å². The van der Waals surface area contributed by atoms with Gasteiger partial charge in [0, 0.05) is 11.4 Å². The van der Waals surface area contributed by atoms with E-state index < -0.39 is 0 Å². The first-order chi connectivity index (χ1) is 7.16. The van der Waals surface area contributed by atoms with Gasteiger partial charge < -0.3 is 9.67 Å². The lowest BCUT2D eigenvalue weighted by Crippen LogP contribution is -1.98. The van der Waals surface area contributed by atoms with Crippen molar-refractivity contribution in [3.63, 3.8) is 0 Å². The highest BCUT2D eigenvalue weighted by molar-refractivity contribution is 5.94. The molecule has 4 nitrogen and oxygen atoms in total. The standard InChI is InChI=1S/C11H13N3O/c1-7(2)14-9-6-4-3-5-8(9)10(13-12)11(14)15/h3-7,12,15H,1-2H3. The molecule has 4 heteroatoms.